The Labute approximate surface area is 683 Å². The highest BCUT2D eigenvalue weighted by Gasteiger charge is 2.41. The molecule has 0 aliphatic heterocycles. The number of aliphatic hydroxyl groups excluding tert-OH is 2. The molecule has 0 bridgehead atoms. The van der Waals surface area contributed by atoms with E-state index in [1.165, 1.54) is 69.3 Å². The van der Waals surface area contributed by atoms with Gasteiger partial charge in [-0.1, -0.05) is 38.1 Å². The molecular weight excluding hydrogens is 1560 g/mol. The number of carboxylic acids is 1. The number of aliphatic hydroxyl groups is 2. The van der Waals surface area contributed by atoms with Crippen molar-refractivity contribution in [3.8, 4) is 11.5 Å². The van der Waals surface area contributed by atoms with Crippen molar-refractivity contribution in [2.45, 2.75) is 227 Å². The lowest BCUT2D eigenvalue weighted by molar-refractivity contribution is -0.142. The lowest BCUT2D eigenvalue weighted by Crippen LogP contribution is -2.64. The number of hydrogen-bond donors (Lipinski definition) is 31. The van der Waals surface area contributed by atoms with E-state index in [2.05, 4.69) is 105 Å². The predicted octanol–water partition coefficient (Wildman–Crippen LogP) is -8.87. The van der Waals surface area contributed by atoms with E-state index in [0.717, 1.165) is 6.92 Å². The standard InChI is InChI=1S/C71H120N24O19S2/c1-35(2)81-30-24-47(60(105)84-42(11-7-8-25-72)58(103)93-51(34-115)64(109)88-45(22-26-73)59(104)85-44(13-10-29-83-70(79)80)57(102)92-50(68(113)114)32-39-16-20-41(99)21-17-39)89-66(111)54(37(4)97)94-61(106)46(23-27-74)87-56(101)43(12-9-28-82-69(77)78)86-62(107)49(33-52(75)100)91-67(112)55(71(5,6)116)95-63(108)48(90-65(110)53(76)36(3)96)31-38-14-18-40(98)19-15-38/h14-21,35-37,42-51,53-55,81,96-99,115-116H,7-13,22-34,72-74,76H2,1-6H3,(H2,75,100)(H,84,105)(H,85,104)(H,86,107)(H,87,101)(H,88,109)(H,89,111)(H,90,110)(H,91,112)(H,92,102)(H,93,103)(H,94,106)(H,95,108)(H,113,114)(H4,77,78,82)(H4,79,80,83)/t36-,37-,42+,43+,44+,45+,46+,47-,48+,49+,50+,51+,53+,54+,55-/m1/s1. The van der Waals surface area contributed by atoms with E-state index >= 15 is 0 Å². The number of primary amides is 1. The van der Waals surface area contributed by atoms with Crippen molar-refractivity contribution >= 4 is 120 Å². The molecule has 13 amide bonds. The molecular formula is C71H120N24O19S2. The van der Waals surface area contributed by atoms with Crippen LogP contribution in [0.5, 0.6) is 11.5 Å². The third kappa shape index (κ3) is 38.4. The molecule has 0 heterocycles. The molecule has 0 saturated heterocycles. The average Bonchev–Trinajstić information content (AvgIpc) is 0.826. The molecule has 2 aromatic carbocycles. The van der Waals surface area contributed by atoms with Crippen LogP contribution < -0.4 is 120 Å². The average molecular weight is 1680 g/mol. The Balaban J connectivity index is 2.51. The number of aliphatic carboxylic acids is 1. The van der Waals surface area contributed by atoms with Crippen molar-refractivity contribution in [3.63, 3.8) is 0 Å². The van der Waals surface area contributed by atoms with Crippen LogP contribution >= 0.6 is 25.3 Å². The molecule has 0 spiro atoms. The van der Waals surface area contributed by atoms with Gasteiger partial charge in [0.05, 0.1) is 18.6 Å². The van der Waals surface area contributed by atoms with E-state index in [1.54, 1.807) is 13.8 Å². The number of nitrogens with two attached hydrogens (primary N) is 7. The summed E-state index contributed by atoms with van der Waals surface area (Å²) in [6, 6.07) is -9.97. The fraction of sp³-hybridized carbons (Fsp3) is 0.606. The first kappa shape index (κ1) is 102. The van der Waals surface area contributed by atoms with Crippen LogP contribution in [0.25, 0.3) is 0 Å². The molecule has 0 aromatic heterocycles. The van der Waals surface area contributed by atoms with E-state index in [9.17, 15) is 92.7 Å². The minimum Gasteiger partial charge on any atom is -0.508 e. The molecule has 0 saturated carbocycles. The van der Waals surface area contributed by atoms with Crippen LogP contribution in [0.3, 0.4) is 0 Å². The lowest BCUT2D eigenvalue weighted by atomic mass is 9.99. The van der Waals surface area contributed by atoms with Crippen LogP contribution in [0.15, 0.2) is 48.5 Å². The molecule has 0 fully saturated rings. The van der Waals surface area contributed by atoms with Crippen LogP contribution in [-0.4, -0.2) is 267 Å². The van der Waals surface area contributed by atoms with Gasteiger partial charge in [0.25, 0.3) is 0 Å². The summed E-state index contributed by atoms with van der Waals surface area (Å²) in [5.74, 6) is -16.6. The van der Waals surface area contributed by atoms with Gasteiger partial charge in [0, 0.05) is 42.5 Å². The number of hydrogen-bond acceptors (Lipinski definition) is 27. The molecule has 2 rings (SSSR count). The lowest BCUT2D eigenvalue weighted by Gasteiger charge is -2.33. The zero-order valence-corrected chi connectivity index (χ0v) is 67.7. The fourth-order valence-electron chi connectivity index (χ4n) is 11.1. The van der Waals surface area contributed by atoms with Crippen LogP contribution in [0.1, 0.15) is 123 Å². The molecule has 15 atom stereocenters. The van der Waals surface area contributed by atoms with E-state index in [4.69, 9.17) is 51.0 Å². The third-order valence-electron chi connectivity index (χ3n) is 17.6. The smallest absolute Gasteiger partial charge is 0.326 e. The van der Waals surface area contributed by atoms with E-state index in [1.807, 2.05) is 0 Å². The highest BCUT2D eigenvalue weighted by atomic mass is 32.1. The topological polar surface area (TPSA) is 750 Å². The Kier molecular flexibility index (Phi) is 45.8. The number of phenols is 2. The van der Waals surface area contributed by atoms with Crippen molar-refractivity contribution in [1.29, 1.82) is 10.8 Å². The number of carbonyl (C=O) groups is 14. The van der Waals surface area contributed by atoms with Gasteiger partial charge in [-0.2, -0.15) is 25.3 Å². The van der Waals surface area contributed by atoms with E-state index in [0.29, 0.717) is 17.5 Å². The van der Waals surface area contributed by atoms with Gasteiger partial charge in [0.15, 0.2) is 11.9 Å². The quantitative estimate of drug-likeness (QED) is 0.0127. The van der Waals surface area contributed by atoms with Crippen molar-refractivity contribution in [2.75, 3.05) is 45.0 Å². The molecule has 650 valence electrons. The van der Waals surface area contributed by atoms with Gasteiger partial charge in [-0.05, 0) is 153 Å². The number of thiol groups is 2. The van der Waals surface area contributed by atoms with Crippen LogP contribution in [-0.2, 0) is 80.0 Å². The Morgan fingerprint density at radius 3 is 1.16 bits per heavy atom. The van der Waals surface area contributed by atoms with Crippen molar-refractivity contribution in [1.82, 2.24) is 79.8 Å². The van der Waals surface area contributed by atoms with Crippen LogP contribution in [0.2, 0.25) is 0 Å². The fourth-order valence-corrected chi connectivity index (χ4v) is 11.6. The molecule has 0 radical (unpaired) electrons. The summed E-state index contributed by atoms with van der Waals surface area (Å²) < 4.78 is -1.51. The molecule has 116 heavy (non-hydrogen) atoms. The molecule has 43 nitrogen and oxygen atoms in total. The van der Waals surface area contributed by atoms with E-state index < -0.39 is 196 Å². The van der Waals surface area contributed by atoms with Gasteiger partial charge in [-0.3, -0.25) is 73.1 Å². The Bertz CT molecular complexity index is 3600. The predicted molar refractivity (Wildman–Crippen MR) is 433 cm³/mol. The SMILES string of the molecule is CC(C)NCC[C@@H](NC(=O)[C@@H](NC(=O)[C@H](CCN)NC(=O)[C@H](CCCNC(=N)N)NC(=O)[C@H](CC(N)=O)NC(=O)[C@@H](NC(=O)[C@H](Cc1ccc(O)cc1)NC(=O)[C@@H](N)[C@@H](C)O)C(C)(C)S)[C@@H](C)O)C(=O)N[C@@H](CCCCN)C(=O)N[C@@H](CS)C(=O)N[C@@H](CCN)C(=O)N[C@@H](CCCNC(=N)N)C(=O)N[C@@H](Cc1ccc(O)cc1)C(=O)O. The normalized spacial score (nSPS) is 15.2. The highest BCUT2D eigenvalue weighted by molar-refractivity contribution is 7.81. The number of nitrogens with one attached hydrogen (secondary N) is 17. The first-order valence-electron chi connectivity index (χ1n) is 37.6. The van der Waals surface area contributed by atoms with Gasteiger partial charge in [0.2, 0.25) is 76.8 Å². The minimum atomic E-state index is -1.92. The summed E-state index contributed by atoms with van der Waals surface area (Å²) in [5.41, 5.74) is 40.8. The third-order valence-corrected chi connectivity index (χ3v) is 18.2. The summed E-state index contributed by atoms with van der Waals surface area (Å²) >= 11 is 8.82. The van der Waals surface area contributed by atoms with Gasteiger partial charge in [0.1, 0.15) is 90.0 Å². The zero-order chi connectivity index (χ0) is 87.7. The minimum absolute atomic E-state index is 0.0364. The largest absolute Gasteiger partial charge is 0.508 e. The first-order valence-corrected chi connectivity index (χ1v) is 38.7. The Morgan fingerprint density at radius 2 is 0.776 bits per heavy atom. The maximum atomic E-state index is 14.6. The van der Waals surface area contributed by atoms with Crippen molar-refractivity contribution < 1.29 is 92.7 Å². The van der Waals surface area contributed by atoms with Crippen LogP contribution in [0, 0.1) is 10.8 Å². The summed E-state index contributed by atoms with van der Waals surface area (Å²) in [4.78, 5) is 195. The van der Waals surface area contributed by atoms with Gasteiger partial charge < -0.3 is 145 Å². The van der Waals surface area contributed by atoms with Gasteiger partial charge in [-0.15, -0.1) is 0 Å². The maximum Gasteiger partial charge on any atom is 0.326 e. The second-order valence-electron chi connectivity index (χ2n) is 28.4. The van der Waals surface area contributed by atoms with Crippen LogP contribution in [0.4, 0.5) is 0 Å². The number of benzene rings is 2. The van der Waals surface area contributed by atoms with Gasteiger partial charge in [-0.25, -0.2) is 4.79 Å². The summed E-state index contributed by atoms with van der Waals surface area (Å²) in [7, 11) is 0. The number of unbranched alkanes of at least 4 members (excludes halogenated alkanes) is 1. The zero-order valence-electron chi connectivity index (χ0n) is 65.9. The second kappa shape index (κ2) is 52.2. The molecule has 0 aliphatic carbocycles. The van der Waals surface area contributed by atoms with Gasteiger partial charge >= 0.3 is 5.97 Å². The number of aromatic hydroxyl groups is 2. The molecule has 36 N–H and O–H groups in total. The maximum absolute atomic E-state index is 14.6. The van der Waals surface area contributed by atoms with Crippen molar-refractivity contribution in [3.05, 3.63) is 59.7 Å². The van der Waals surface area contributed by atoms with Crippen molar-refractivity contribution in [2.24, 2.45) is 40.1 Å². The Hall–Kier alpha value is -10.4. The first-order chi connectivity index (χ1) is 54.5. The summed E-state index contributed by atoms with van der Waals surface area (Å²) in [5, 5.41) is 104. The Morgan fingerprint density at radius 1 is 0.422 bits per heavy atom. The number of rotatable bonds is 55. The highest BCUT2D eigenvalue weighted by Crippen LogP contribution is 2.21. The summed E-state index contributed by atoms with van der Waals surface area (Å²) in [6.07, 6.45) is -5.24. The monoisotopic (exact) mass is 1680 g/mol. The molecule has 2 aromatic rings. The number of phenolic OH excluding ortho intramolecular Hbond substituents is 2. The van der Waals surface area contributed by atoms with E-state index in [-0.39, 0.29) is 133 Å². The number of guanidine groups is 2. The second-order valence-corrected chi connectivity index (χ2v) is 30.0. The molecule has 45 heteroatoms. The number of carbonyl (C=O) groups excluding carboxylic acids is 13. The molecule has 0 unspecified atom stereocenters. The number of amides is 13. The molecule has 0 aliphatic rings. The number of carboxylic acid groups (broad SMARTS) is 1. The summed E-state index contributed by atoms with van der Waals surface area (Å²) in [6.45, 7) is 8.39.